The fourth-order valence-corrected chi connectivity index (χ4v) is 3.58. The number of amidine groups is 1. The Bertz CT molecular complexity index is 1260. The first-order valence-electron chi connectivity index (χ1n) is 11.2. The maximum Gasteiger partial charge on any atom is 0.414 e. The Balaban J connectivity index is 1.32. The first kappa shape index (κ1) is 24.5. The van der Waals surface area contributed by atoms with E-state index in [1.54, 1.807) is 72.8 Å². The van der Waals surface area contributed by atoms with Crippen molar-refractivity contribution in [3.05, 3.63) is 95.6 Å². The van der Waals surface area contributed by atoms with E-state index >= 15 is 0 Å². The van der Waals surface area contributed by atoms with E-state index in [-0.39, 0.29) is 24.8 Å². The Kier molecular flexibility index (Phi) is 7.60. The van der Waals surface area contributed by atoms with Gasteiger partial charge >= 0.3 is 12.1 Å². The van der Waals surface area contributed by atoms with Crippen LogP contribution in [0.15, 0.2) is 83.9 Å². The minimum absolute atomic E-state index is 0.0864. The van der Waals surface area contributed by atoms with Gasteiger partial charge in [-0.1, -0.05) is 30.3 Å². The molecule has 1 saturated heterocycles. The fourth-order valence-electron chi connectivity index (χ4n) is 3.58. The molecule has 0 aromatic heterocycles. The van der Waals surface area contributed by atoms with Crippen molar-refractivity contribution in [1.82, 2.24) is 0 Å². The van der Waals surface area contributed by atoms with Crippen LogP contribution in [0.4, 0.5) is 10.5 Å². The lowest BCUT2D eigenvalue weighted by Gasteiger charge is -2.14. The second-order valence-corrected chi connectivity index (χ2v) is 8.04. The van der Waals surface area contributed by atoms with Crippen LogP contribution in [0.5, 0.6) is 5.75 Å². The van der Waals surface area contributed by atoms with Crippen LogP contribution in [0, 0.1) is 0 Å². The second kappa shape index (κ2) is 11.2. The zero-order valence-electron chi connectivity index (χ0n) is 19.6. The standard InChI is InChI=1S/C27H25N3O6/c1-34-24(31)15-18-7-13-22(14-8-18)35-17-23-16-30(27(33)36-23)21-11-9-19(10-12-21)25(28)29-26(32)20-5-3-2-4-6-20/h2-14,23H,15-17H2,1H3,(H2,28,29,32). The van der Waals surface area contributed by atoms with E-state index in [2.05, 4.69) is 9.73 Å². The Labute approximate surface area is 208 Å². The SMILES string of the molecule is COC(=O)Cc1ccc(OCC2CN(c3ccc(C(N)=NC(=O)c4ccccc4)cc3)C(=O)O2)cc1. The Hall–Kier alpha value is -4.66. The minimum Gasteiger partial charge on any atom is -0.490 e. The van der Waals surface area contributed by atoms with E-state index in [0.717, 1.165) is 5.56 Å². The molecule has 4 rings (SSSR count). The van der Waals surface area contributed by atoms with Crippen LogP contribution in [0.3, 0.4) is 0 Å². The molecule has 0 radical (unpaired) electrons. The van der Waals surface area contributed by atoms with Crippen LogP contribution in [-0.2, 0) is 20.7 Å². The maximum atomic E-state index is 12.4. The average Bonchev–Trinajstić information content (AvgIpc) is 3.29. The number of benzene rings is 3. The molecule has 2 amide bonds. The summed E-state index contributed by atoms with van der Waals surface area (Å²) in [7, 11) is 1.35. The highest BCUT2D eigenvalue weighted by atomic mass is 16.6. The molecule has 9 nitrogen and oxygen atoms in total. The van der Waals surface area contributed by atoms with Gasteiger partial charge in [0.05, 0.1) is 20.1 Å². The third kappa shape index (κ3) is 6.06. The molecule has 0 bridgehead atoms. The van der Waals surface area contributed by atoms with E-state index < -0.39 is 18.1 Å². The van der Waals surface area contributed by atoms with Gasteiger partial charge in [0.2, 0.25) is 0 Å². The van der Waals surface area contributed by atoms with E-state index in [0.29, 0.717) is 29.1 Å². The molecule has 184 valence electrons. The number of aliphatic imine (C=N–C) groups is 1. The Morgan fingerprint density at radius 1 is 1.00 bits per heavy atom. The molecule has 2 N–H and O–H groups in total. The summed E-state index contributed by atoms with van der Waals surface area (Å²) < 4.78 is 15.8. The number of cyclic esters (lactones) is 1. The van der Waals surface area contributed by atoms with Crippen LogP contribution < -0.4 is 15.4 Å². The van der Waals surface area contributed by atoms with Gasteiger partial charge in [0.1, 0.15) is 18.2 Å². The van der Waals surface area contributed by atoms with Crippen molar-refractivity contribution < 1.29 is 28.6 Å². The summed E-state index contributed by atoms with van der Waals surface area (Å²) >= 11 is 0. The molecule has 1 unspecified atom stereocenters. The summed E-state index contributed by atoms with van der Waals surface area (Å²) in [6, 6.07) is 22.5. The van der Waals surface area contributed by atoms with Gasteiger partial charge in [0.15, 0.2) is 6.10 Å². The van der Waals surface area contributed by atoms with Crippen LogP contribution in [0.1, 0.15) is 21.5 Å². The molecule has 0 saturated carbocycles. The van der Waals surface area contributed by atoms with Crippen molar-refractivity contribution in [2.24, 2.45) is 10.7 Å². The highest BCUT2D eigenvalue weighted by molar-refractivity contribution is 6.09. The monoisotopic (exact) mass is 487 g/mol. The van der Waals surface area contributed by atoms with Crippen molar-refractivity contribution in [2.45, 2.75) is 12.5 Å². The summed E-state index contributed by atoms with van der Waals surface area (Å²) in [5.74, 6) is -0.0582. The van der Waals surface area contributed by atoms with E-state index in [4.69, 9.17) is 15.2 Å². The number of methoxy groups -OCH3 is 1. The quantitative estimate of drug-likeness (QED) is 0.294. The number of nitrogens with two attached hydrogens (primary N) is 1. The van der Waals surface area contributed by atoms with Gasteiger partial charge in [-0.15, -0.1) is 0 Å². The molecule has 1 fully saturated rings. The second-order valence-electron chi connectivity index (χ2n) is 8.04. The highest BCUT2D eigenvalue weighted by Gasteiger charge is 2.32. The largest absolute Gasteiger partial charge is 0.490 e. The van der Waals surface area contributed by atoms with Crippen LogP contribution in [0.2, 0.25) is 0 Å². The lowest BCUT2D eigenvalue weighted by atomic mass is 10.1. The number of hydrogen-bond donors (Lipinski definition) is 1. The molecular weight excluding hydrogens is 462 g/mol. The van der Waals surface area contributed by atoms with Crippen molar-refractivity contribution >= 4 is 29.5 Å². The Morgan fingerprint density at radius 2 is 1.69 bits per heavy atom. The average molecular weight is 488 g/mol. The zero-order chi connectivity index (χ0) is 25.5. The predicted molar refractivity (Wildman–Crippen MR) is 133 cm³/mol. The highest BCUT2D eigenvalue weighted by Crippen LogP contribution is 2.23. The molecular formula is C27H25N3O6. The van der Waals surface area contributed by atoms with Crippen molar-refractivity contribution in [3.8, 4) is 5.75 Å². The number of carbonyl (C=O) groups excluding carboxylic acids is 3. The van der Waals surface area contributed by atoms with Gasteiger partial charge in [-0.05, 0) is 54.1 Å². The third-order valence-corrected chi connectivity index (χ3v) is 5.53. The smallest absolute Gasteiger partial charge is 0.414 e. The number of carbonyl (C=O) groups is 3. The lowest BCUT2D eigenvalue weighted by Crippen LogP contribution is -2.26. The van der Waals surface area contributed by atoms with Gasteiger partial charge in [-0.2, -0.15) is 4.99 Å². The number of amides is 2. The molecule has 0 spiro atoms. The van der Waals surface area contributed by atoms with Crippen LogP contribution >= 0.6 is 0 Å². The first-order valence-corrected chi connectivity index (χ1v) is 11.2. The number of hydrogen-bond acceptors (Lipinski definition) is 6. The van der Waals surface area contributed by atoms with Crippen molar-refractivity contribution in [1.29, 1.82) is 0 Å². The first-order chi connectivity index (χ1) is 17.4. The molecule has 9 heteroatoms. The summed E-state index contributed by atoms with van der Waals surface area (Å²) in [6.07, 6.45) is -0.751. The zero-order valence-corrected chi connectivity index (χ0v) is 19.6. The molecule has 1 atom stereocenters. The minimum atomic E-state index is -0.481. The van der Waals surface area contributed by atoms with Gasteiger partial charge in [-0.25, -0.2) is 4.79 Å². The summed E-state index contributed by atoms with van der Waals surface area (Å²) in [4.78, 5) is 41.5. The van der Waals surface area contributed by atoms with Crippen molar-refractivity contribution in [2.75, 3.05) is 25.2 Å². The summed E-state index contributed by atoms with van der Waals surface area (Å²) in [5.41, 5.74) is 8.45. The van der Waals surface area contributed by atoms with E-state index in [1.165, 1.54) is 12.0 Å². The summed E-state index contributed by atoms with van der Waals surface area (Å²) in [5, 5.41) is 0. The van der Waals surface area contributed by atoms with Gasteiger partial charge < -0.3 is 19.9 Å². The summed E-state index contributed by atoms with van der Waals surface area (Å²) in [6.45, 7) is 0.493. The molecule has 3 aromatic rings. The number of rotatable bonds is 8. The van der Waals surface area contributed by atoms with Crippen LogP contribution in [0.25, 0.3) is 0 Å². The van der Waals surface area contributed by atoms with Gasteiger partial charge in [-0.3, -0.25) is 14.5 Å². The number of anilines is 1. The molecule has 3 aromatic carbocycles. The number of esters is 1. The predicted octanol–water partition coefficient (Wildman–Crippen LogP) is 3.35. The van der Waals surface area contributed by atoms with Gasteiger partial charge in [0, 0.05) is 16.8 Å². The van der Waals surface area contributed by atoms with Gasteiger partial charge in [0.25, 0.3) is 5.91 Å². The molecule has 1 aliphatic rings. The van der Waals surface area contributed by atoms with Crippen molar-refractivity contribution in [3.63, 3.8) is 0 Å². The molecule has 36 heavy (non-hydrogen) atoms. The topological polar surface area (TPSA) is 121 Å². The molecule has 0 aliphatic carbocycles. The lowest BCUT2D eigenvalue weighted by molar-refractivity contribution is -0.139. The van der Waals surface area contributed by atoms with Crippen LogP contribution in [-0.4, -0.2) is 50.2 Å². The van der Waals surface area contributed by atoms with E-state index in [1.807, 2.05) is 6.07 Å². The number of ether oxygens (including phenoxy) is 3. The van der Waals surface area contributed by atoms with E-state index in [9.17, 15) is 14.4 Å². The maximum absolute atomic E-state index is 12.4. The fraction of sp³-hybridized carbons (Fsp3) is 0.185. The normalized spacial score (nSPS) is 15.4. The molecule has 1 aliphatic heterocycles. The third-order valence-electron chi connectivity index (χ3n) is 5.53. The number of nitrogens with zero attached hydrogens (tertiary/aromatic N) is 2. The Morgan fingerprint density at radius 3 is 2.36 bits per heavy atom. The molecule has 1 heterocycles.